The molecule has 3 aromatic rings. The molecule has 0 N–H and O–H groups in total. The van der Waals surface area contributed by atoms with E-state index in [0.717, 1.165) is 0 Å². The second-order valence-electron chi connectivity index (χ2n) is 6.59. The summed E-state index contributed by atoms with van der Waals surface area (Å²) in [6.45, 7) is -0.241. The van der Waals surface area contributed by atoms with Gasteiger partial charge in [0.25, 0.3) is 11.4 Å². The molecule has 3 rings (SSSR count). The lowest BCUT2D eigenvalue weighted by Crippen LogP contribution is -2.10. The molecule has 0 bridgehead atoms. The van der Waals surface area contributed by atoms with Gasteiger partial charge < -0.3 is 9.47 Å². The van der Waals surface area contributed by atoms with E-state index in [1.165, 1.54) is 19.2 Å². The van der Waals surface area contributed by atoms with Crippen LogP contribution >= 0.6 is 0 Å². The van der Waals surface area contributed by atoms with Crippen molar-refractivity contribution in [1.82, 2.24) is 0 Å². The summed E-state index contributed by atoms with van der Waals surface area (Å²) in [6, 6.07) is 14.3. The first-order valence-corrected chi connectivity index (χ1v) is 9.33. The van der Waals surface area contributed by atoms with Crippen LogP contribution in [0.1, 0.15) is 21.5 Å². The molecule has 0 radical (unpaired) electrons. The molecule has 0 spiro atoms. The number of carbonyl (C=O) groups is 1. The maximum absolute atomic E-state index is 13.6. The molecule has 0 fully saturated rings. The molecule has 0 aliphatic heterocycles. The fourth-order valence-electron chi connectivity index (χ4n) is 3.13. The number of ketones is 1. The summed E-state index contributed by atoms with van der Waals surface area (Å²) in [5.41, 5.74) is -1.06. The lowest BCUT2D eigenvalue weighted by molar-refractivity contribution is -0.395. The van der Waals surface area contributed by atoms with Gasteiger partial charge in [-0.25, -0.2) is 4.39 Å². The number of halogens is 1. The number of carbonyl (C=O) groups excluding carboxylic acids is 1. The van der Waals surface area contributed by atoms with Gasteiger partial charge in [-0.2, -0.15) is 0 Å². The normalized spacial score (nSPS) is 10.4. The van der Waals surface area contributed by atoms with Crippen LogP contribution in [0.5, 0.6) is 11.5 Å². The monoisotopic (exact) mass is 440 g/mol. The smallest absolute Gasteiger partial charge is 0.282 e. The summed E-state index contributed by atoms with van der Waals surface area (Å²) in [6.07, 6.45) is -0.261. The molecule has 164 valence electrons. The number of hydrogen-bond donors (Lipinski definition) is 0. The molecular weight excluding hydrogens is 423 g/mol. The Balaban J connectivity index is 1.90. The molecule has 9 nitrogen and oxygen atoms in total. The first-order valence-electron chi connectivity index (χ1n) is 9.33. The van der Waals surface area contributed by atoms with Crippen LogP contribution in [0.4, 0.5) is 15.8 Å². The van der Waals surface area contributed by atoms with Crippen LogP contribution in [-0.2, 0) is 6.42 Å². The number of methoxy groups -OCH3 is 1. The van der Waals surface area contributed by atoms with Crippen LogP contribution < -0.4 is 9.47 Å². The topological polar surface area (TPSA) is 122 Å². The van der Waals surface area contributed by atoms with Crippen LogP contribution in [0.2, 0.25) is 0 Å². The molecule has 32 heavy (non-hydrogen) atoms. The molecule has 3 aromatic carbocycles. The van der Waals surface area contributed by atoms with Crippen LogP contribution in [0, 0.1) is 26.0 Å². The second-order valence-corrected chi connectivity index (χ2v) is 6.59. The first-order chi connectivity index (χ1) is 15.3. The minimum absolute atomic E-state index is 0.144. The maximum Gasteiger partial charge on any atom is 0.282 e. The van der Waals surface area contributed by atoms with E-state index in [-0.39, 0.29) is 35.7 Å². The minimum Gasteiger partial charge on any atom is -0.497 e. The van der Waals surface area contributed by atoms with Crippen LogP contribution in [0.25, 0.3) is 0 Å². The zero-order chi connectivity index (χ0) is 23.3. The third kappa shape index (κ3) is 4.86. The van der Waals surface area contributed by atoms with E-state index < -0.39 is 27.0 Å². The highest BCUT2D eigenvalue weighted by atomic mass is 19.1. The molecule has 0 saturated heterocycles. The van der Waals surface area contributed by atoms with Gasteiger partial charge in [0, 0.05) is 18.1 Å². The van der Waals surface area contributed by atoms with E-state index in [4.69, 9.17) is 9.47 Å². The summed E-state index contributed by atoms with van der Waals surface area (Å²) in [4.78, 5) is 33.7. The third-order valence-electron chi connectivity index (χ3n) is 4.64. The molecule has 0 unspecified atom stereocenters. The highest BCUT2D eigenvalue weighted by Gasteiger charge is 2.27. The Morgan fingerprint density at radius 2 is 1.59 bits per heavy atom. The average molecular weight is 440 g/mol. The van der Waals surface area contributed by atoms with Crippen LogP contribution in [0.3, 0.4) is 0 Å². The Hall–Kier alpha value is -4.34. The van der Waals surface area contributed by atoms with Gasteiger partial charge in [-0.05, 0) is 12.1 Å². The zero-order valence-corrected chi connectivity index (χ0v) is 16.8. The zero-order valence-electron chi connectivity index (χ0n) is 16.8. The van der Waals surface area contributed by atoms with E-state index >= 15 is 0 Å². The van der Waals surface area contributed by atoms with Crippen molar-refractivity contribution in [3.05, 3.63) is 103 Å². The molecule has 0 amide bonds. The highest BCUT2D eigenvalue weighted by Crippen LogP contribution is 2.31. The average Bonchev–Trinajstić information content (AvgIpc) is 2.79. The van der Waals surface area contributed by atoms with Crippen molar-refractivity contribution in [2.24, 2.45) is 0 Å². The Kier molecular flexibility index (Phi) is 6.74. The lowest BCUT2D eigenvalue weighted by Gasteiger charge is -2.13. The van der Waals surface area contributed by atoms with Crippen molar-refractivity contribution in [2.75, 3.05) is 13.7 Å². The molecule has 0 aliphatic rings. The molecule has 10 heteroatoms. The molecule has 0 atom stereocenters. The third-order valence-corrected chi connectivity index (χ3v) is 4.64. The Morgan fingerprint density at radius 3 is 2.16 bits per heavy atom. The number of rotatable bonds is 9. The predicted octanol–water partition coefficient (Wildman–Crippen LogP) is 4.50. The second kappa shape index (κ2) is 9.65. The summed E-state index contributed by atoms with van der Waals surface area (Å²) in [5, 5.41) is 22.6. The summed E-state index contributed by atoms with van der Waals surface area (Å²) < 4.78 is 24.5. The van der Waals surface area contributed by atoms with Gasteiger partial charge in [-0.3, -0.25) is 25.0 Å². The minimum atomic E-state index is -1.09. The number of hydrogen-bond acceptors (Lipinski definition) is 7. The fraction of sp³-hybridized carbons (Fsp3) is 0.136. The number of nitro benzene ring substituents is 2. The number of benzene rings is 3. The molecule has 0 aliphatic carbocycles. The van der Waals surface area contributed by atoms with Crippen molar-refractivity contribution < 1.29 is 28.5 Å². The van der Waals surface area contributed by atoms with Gasteiger partial charge in [0.1, 0.15) is 22.9 Å². The largest absolute Gasteiger partial charge is 0.497 e. The molecule has 0 aromatic heterocycles. The van der Waals surface area contributed by atoms with Crippen molar-refractivity contribution in [1.29, 1.82) is 0 Å². The van der Waals surface area contributed by atoms with Gasteiger partial charge >= 0.3 is 0 Å². The van der Waals surface area contributed by atoms with E-state index in [0.29, 0.717) is 23.4 Å². The SMILES string of the molecule is COc1ccc(C(=O)c2ccccc2)c(OCCc2c([N+](=O)[O-])cc(F)cc2[N+](=O)[O-])c1. The van der Waals surface area contributed by atoms with E-state index in [1.807, 2.05) is 0 Å². The molecule has 0 heterocycles. The van der Waals surface area contributed by atoms with Gasteiger partial charge in [-0.15, -0.1) is 0 Å². The van der Waals surface area contributed by atoms with E-state index in [1.54, 1.807) is 36.4 Å². The first kappa shape index (κ1) is 22.3. The number of nitrogens with zero attached hydrogens (tertiary/aromatic N) is 2. The van der Waals surface area contributed by atoms with Gasteiger partial charge in [-0.1, -0.05) is 30.3 Å². The predicted molar refractivity (Wildman–Crippen MR) is 112 cm³/mol. The Bertz CT molecular complexity index is 1150. The summed E-state index contributed by atoms with van der Waals surface area (Å²) >= 11 is 0. The Labute approximate surface area is 181 Å². The van der Waals surface area contributed by atoms with Crippen molar-refractivity contribution in [2.45, 2.75) is 6.42 Å². The van der Waals surface area contributed by atoms with Crippen molar-refractivity contribution in [3.8, 4) is 11.5 Å². The van der Waals surface area contributed by atoms with Crippen LogP contribution in [-0.4, -0.2) is 29.3 Å². The van der Waals surface area contributed by atoms with Gasteiger partial charge in [0.2, 0.25) is 0 Å². The fourth-order valence-corrected chi connectivity index (χ4v) is 3.13. The van der Waals surface area contributed by atoms with Crippen molar-refractivity contribution in [3.63, 3.8) is 0 Å². The van der Waals surface area contributed by atoms with E-state index in [2.05, 4.69) is 0 Å². The van der Waals surface area contributed by atoms with Gasteiger partial charge in [0.15, 0.2) is 5.78 Å². The number of ether oxygens (including phenoxy) is 2. The maximum atomic E-state index is 13.6. The highest BCUT2D eigenvalue weighted by molar-refractivity contribution is 6.10. The summed E-state index contributed by atoms with van der Waals surface area (Å²) in [5.74, 6) is -0.854. The number of nitro groups is 2. The van der Waals surface area contributed by atoms with Crippen LogP contribution in [0.15, 0.2) is 60.7 Å². The van der Waals surface area contributed by atoms with E-state index in [9.17, 15) is 29.4 Å². The van der Waals surface area contributed by atoms with Crippen molar-refractivity contribution >= 4 is 17.2 Å². The van der Waals surface area contributed by atoms with Gasteiger partial charge in [0.05, 0.1) is 41.3 Å². The Morgan fingerprint density at radius 1 is 0.969 bits per heavy atom. The molecule has 0 saturated carbocycles. The lowest BCUT2D eigenvalue weighted by atomic mass is 10.0. The summed E-state index contributed by atoms with van der Waals surface area (Å²) in [7, 11) is 1.43. The standard InChI is InChI=1S/C22H17FN2O7/c1-31-16-7-8-18(22(26)14-5-3-2-4-6-14)21(13-16)32-10-9-17-19(24(27)28)11-15(23)12-20(17)25(29)30/h2-8,11-13H,9-10H2,1H3. The molecular formula is C22H17FN2O7. The quantitative estimate of drug-likeness (QED) is 0.273.